The van der Waals surface area contributed by atoms with Gasteiger partial charge in [0.25, 0.3) is 0 Å². The maximum atomic E-state index is 9.44. The van der Waals surface area contributed by atoms with E-state index in [-0.39, 0.29) is 5.76 Å². The van der Waals surface area contributed by atoms with Gasteiger partial charge in [0.05, 0.1) is 17.5 Å². The van der Waals surface area contributed by atoms with Gasteiger partial charge in [0, 0.05) is 29.3 Å². The minimum absolute atomic E-state index is 0.125. The summed E-state index contributed by atoms with van der Waals surface area (Å²) >= 11 is 0. The number of aliphatic hydroxyl groups is 1. The molecule has 0 saturated heterocycles. The Morgan fingerprint density at radius 2 is 2.23 bits per heavy atom. The van der Waals surface area contributed by atoms with Gasteiger partial charge in [-0.05, 0) is 36.2 Å². The van der Waals surface area contributed by atoms with E-state index in [4.69, 9.17) is 6.42 Å². The molecule has 0 aliphatic carbocycles. The lowest BCUT2D eigenvalue weighted by molar-refractivity contribution is 0.402. The minimum atomic E-state index is 0.125. The van der Waals surface area contributed by atoms with Crippen LogP contribution in [0.2, 0.25) is 0 Å². The molecule has 3 aromatic rings. The number of rotatable bonds is 3. The third-order valence-electron chi connectivity index (χ3n) is 3.71. The first-order chi connectivity index (χ1) is 10.6. The molecule has 0 unspecified atom stereocenters. The van der Waals surface area contributed by atoms with E-state index in [0.717, 1.165) is 33.3 Å². The number of pyridine rings is 1. The Bertz CT molecular complexity index is 913. The number of fused-ring (bicyclic) bond motifs is 1. The van der Waals surface area contributed by atoms with Crippen molar-refractivity contribution in [3.63, 3.8) is 0 Å². The molecule has 2 aromatic heterocycles. The third-order valence-corrected chi connectivity index (χ3v) is 3.71. The van der Waals surface area contributed by atoms with Crippen molar-refractivity contribution in [3.8, 4) is 23.5 Å². The van der Waals surface area contributed by atoms with Gasteiger partial charge in [-0.2, -0.15) is 5.10 Å². The van der Waals surface area contributed by atoms with E-state index >= 15 is 0 Å². The summed E-state index contributed by atoms with van der Waals surface area (Å²) in [6, 6.07) is 10.0. The van der Waals surface area contributed by atoms with Gasteiger partial charge in [0.2, 0.25) is 0 Å². The molecular weight excluding hydrogens is 272 g/mol. The van der Waals surface area contributed by atoms with E-state index in [1.54, 1.807) is 10.7 Å². The van der Waals surface area contributed by atoms with Crippen molar-refractivity contribution in [2.45, 2.75) is 13.3 Å². The highest BCUT2D eigenvalue weighted by atomic mass is 16.3. The van der Waals surface area contributed by atoms with Crippen molar-refractivity contribution in [2.24, 2.45) is 0 Å². The maximum absolute atomic E-state index is 9.44. The fraction of sp³-hybridized carbons (Fsp3) is 0.105. The molecule has 1 N–H and O–H groups in total. The van der Waals surface area contributed by atoms with Crippen molar-refractivity contribution in [2.75, 3.05) is 0 Å². The van der Waals surface area contributed by atoms with E-state index in [1.807, 2.05) is 37.4 Å². The standard InChI is InChI=1S/C19H16N2O/c1-4-15-7-5-6-13(2)19(15)16-8-9-21-18(11-16)17(12-20-21)10-14(3)22/h1,5-9,11-12,22H,3,10H2,2H3. The smallest absolute Gasteiger partial charge is 0.0896 e. The second kappa shape index (κ2) is 5.42. The zero-order valence-electron chi connectivity index (χ0n) is 12.4. The van der Waals surface area contributed by atoms with Crippen LogP contribution in [0.15, 0.2) is 55.1 Å². The van der Waals surface area contributed by atoms with Gasteiger partial charge in [0.1, 0.15) is 0 Å². The molecule has 1 aromatic carbocycles. The number of hydrogen-bond donors (Lipinski definition) is 1. The molecule has 0 aliphatic heterocycles. The van der Waals surface area contributed by atoms with Crippen LogP contribution in [0.25, 0.3) is 16.6 Å². The van der Waals surface area contributed by atoms with Crippen molar-refractivity contribution >= 4 is 5.52 Å². The first-order valence-electron chi connectivity index (χ1n) is 6.99. The topological polar surface area (TPSA) is 37.5 Å². The van der Waals surface area contributed by atoms with Crippen LogP contribution in [0.1, 0.15) is 16.7 Å². The summed E-state index contributed by atoms with van der Waals surface area (Å²) in [6.45, 7) is 5.60. The Labute approximate surface area is 129 Å². The number of allylic oxidation sites excluding steroid dienone is 1. The molecule has 0 atom stereocenters. The van der Waals surface area contributed by atoms with Gasteiger partial charge in [-0.1, -0.05) is 24.6 Å². The number of nitrogens with zero attached hydrogens (tertiary/aromatic N) is 2. The van der Waals surface area contributed by atoms with Crippen LogP contribution >= 0.6 is 0 Å². The van der Waals surface area contributed by atoms with E-state index in [2.05, 4.69) is 23.7 Å². The number of aryl methyl sites for hydroxylation is 1. The molecule has 108 valence electrons. The molecule has 0 bridgehead atoms. The third kappa shape index (κ3) is 2.36. The van der Waals surface area contributed by atoms with Crippen LogP contribution < -0.4 is 0 Å². The summed E-state index contributed by atoms with van der Waals surface area (Å²) in [7, 11) is 0. The summed E-state index contributed by atoms with van der Waals surface area (Å²) in [6.07, 6.45) is 9.68. The lowest BCUT2D eigenvalue weighted by atomic mass is 9.95. The van der Waals surface area contributed by atoms with Crippen molar-refractivity contribution < 1.29 is 5.11 Å². The van der Waals surface area contributed by atoms with E-state index in [9.17, 15) is 5.11 Å². The Kier molecular flexibility index (Phi) is 3.44. The van der Waals surface area contributed by atoms with Gasteiger partial charge in [-0.3, -0.25) is 0 Å². The number of aliphatic hydroxyl groups excluding tert-OH is 1. The van der Waals surface area contributed by atoms with E-state index in [0.29, 0.717) is 6.42 Å². The lowest BCUT2D eigenvalue weighted by Crippen LogP contribution is -1.93. The number of hydrogen-bond acceptors (Lipinski definition) is 2. The van der Waals surface area contributed by atoms with Crippen molar-refractivity contribution in [1.29, 1.82) is 0 Å². The van der Waals surface area contributed by atoms with Gasteiger partial charge < -0.3 is 5.11 Å². The van der Waals surface area contributed by atoms with Crippen molar-refractivity contribution in [1.82, 2.24) is 9.61 Å². The highest BCUT2D eigenvalue weighted by Gasteiger charge is 2.10. The molecule has 0 amide bonds. The summed E-state index contributed by atoms with van der Waals surface area (Å²) in [4.78, 5) is 0. The fourth-order valence-corrected chi connectivity index (χ4v) is 2.71. The Hall–Kier alpha value is -2.99. The molecule has 22 heavy (non-hydrogen) atoms. The Morgan fingerprint density at radius 1 is 1.41 bits per heavy atom. The molecule has 3 rings (SSSR count). The van der Waals surface area contributed by atoms with Gasteiger partial charge in [-0.15, -0.1) is 6.42 Å². The van der Waals surface area contributed by atoms with Crippen LogP contribution in [0, 0.1) is 19.3 Å². The van der Waals surface area contributed by atoms with E-state index in [1.165, 1.54) is 0 Å². The first kappa shape index (κ1) is 14.0. The quantitative estimate of drug-likeness (QED) is 0.586. The molecule has 0 saturated carbocycles. The monoisotopic (exact) mass is 288 g/mol. The van der Waals surface area contributed by atoms with Crippen LogP contribution in [0.5, 0.6) is 0 Å². The Balaban J connectivity index is 2.21. The first-order valence-corrected chi connectivity index (χ1v) is 6.99. The SMILES string of the molecule is C#Cc1cccc(C)c1-c1ccn2ncc(CC(=C)O)c2c1. The predicted molar refractivity (Wildman–Crippen MR) is 88.8 cm³/mol. The molecular formula is C19H16N2O. The molecule has 0 radical (unpaired) electrons. The second-order valence-corrected chi connectivity index (χ2v) is 5.30. The zero-order chi connectivity index (χ0) is 15.7. The zero-order valence-corrected chi connectivity index (χ0v) is 12.4. The van der Waals surface area contributed by atoms with E-state index < -0.39 is 0 Å². The molecule has 3 heteroatoms. The summed E-state index contributed by atoms with van der Waals surface area (Å²) in [5.74, 6) is 2.87. The fourth-order valence-electron chi connectivity index (χ4n) is 2.71. The molecule has 0 aliphatic rings. The molecule has 2 heterocycles. The minimum Gasteiger partial charge on any atom is -0.513 e. The van der Waals surface area contributed by atoms with Gasteiger partial charge in [-0.25, -0.2) is 4.52 Å². The summed E-state index contributed by atoms with van der Waals surface area (Å²) in [5.41, 5.74) is 5.99. The number of benzene rings is 1. The predicted octanol–water partition coefficient (Wildman–Crippen LogP) is 3.91. The Morgan fingerprint density at radius 3 is 2.95 bits per heavy atom. The van der Waals surface area contributed by atoms with Crippen LogP contribution in [-0.4, -0.2) is 14.7 Å². The van der Waals surface area contributed by atoms with Crippen molar-refractivity contribution in [3.05, 3.63) is 71.8 Å². The highest BCUT2D eigenvalue weighted by Crippen LogP contribution is 2.29. The maximum Gasteiger partial charge on any atom is 0.0896 e. The highest BCUT2D eigenvalue weighted by molar-refractivity contribution is 5.77. The lowest BCUT2D eigenvalue weighted by Gasteiger charge is -2.10. The number of terminal acetylenes is 1. The molecule has 3 nitrogen and oxygen atoms in total. The normalized spacial score (nSPS) is 10.5. The summed E-state index contributed by atoms with van der Waals surface area (Å²) in [5, 5.41) is 13.7. The average Bonchev–Trinajstić information content (AvgIpc) is 2.88. The number of aromatic nitrogens is 2. The summed E-state index contributed by atoms with van der Waals surface area (Å²) < 4.78 is 1.79. The van der Waals surface area contributed by atoms with Crippen LogP contribution in [-0.2, 0) is 6.42 Å². The molecule has 0 spiro atoms. The van der Waals surface area contributed by atoms with Gasteiger partial charge >= 0.3 is 0 Å². The average molecular weight is 288 g/mol. The second-order valence-electron chi connectivity index (χ2n) is 5.30. The largest absolute Gasteiger partial charge is 0.513 e. The van der Waals surface area contributed by atoms with Crippen LogP contribution in [0.3, 0.4) is 0 Å². The van der Waals surface area contributed by atoms with Crippen LogP contribution in [0.4, 0.5) is 0 Å². The van der Waals surface area contributed by atoms with Gasteiger partial charge in [0.15, 0.2) is 0 Å². The molecule has 0 fully saturated rings.